The third kappa shape index (κ3) is 7.35. The molecule has 0 aliphatic rings. The maximum Gasteiger partial charge on any atom is 0.226 e. The van der Waals surface area contributed by atoms with Crippen molar-refractivity contribution in [3.05, 3.63) is 59.9 Å². The van der Waals surface area contributed by atoms with Gasteiger partial charge in [-0.15, -0.1) is 0 Å². The Morgan fingerprint density at radius 3 is 2.30 bits per heavy atom. The Hall–Kier alpha value is -2.47. The molecule has 0 saturated heterocycles. The van der Waals surface area contributed by atoms with Crippen LogP contribution in [0, 0.1) is 5.82 Å². The van der Waals surface area contributed by atoms with Gasteiger partial charge in [0, 0.05) is 12.1 Å². The van der Waals surface area contributed by atoms with Crippen molar-refractivity contribution < 1.29 is 13.9 Å². The molecule has 0 fully saturated rings. The number of hydrogen-bond donors (Lipinski definition) is 2. The number of ether oxygens (including phenoxy) is 1. The Labute approximate surface area is 165 Å². The molecule has 4 nitrogen and oxygen atoms in total. The van der Waals surface area contributed by atoms with Crippen molar-refractivity contribution in [3.8, 4) is 5.75 Å². The van der Waals surface area contributed by atoms with Gasteiger partial charge in [0.15, 0.2) is 5.11 Å². The zero-order chi connectivity index (χ0) is 19.9. The molecule has 2 N–H and O–H groups in total. The van der Waals surface area contributed by atoms with Crippen molar-refractivity contribution in [3.63, 3.8) is 0 Å². The van der Waals surface area contributed by atoms with Gasteiger partial charge in [-0.25, -0.2) is 4.39 Å². The summed E-state index contributed by atoms with van der Waals surface area (Å²) in [7, 11) is 0. The van der Waals surface area contributed by atoms with Crippen LogP contribution >= 0.6 is 12.2 Å². The molecule has 6 heteroatoms. The van der Waals surface area contributed by atoms with E-state index in [1.807, 2.05) is 12.1 Å². The number of hydrogen-bond acceptors (Lipinski definition) is 3. The summed E-state index contributed by atoms with van der Waals surface area (Å²) in [4.78, 5) is 11.9. The Bertz CT molecular complexity index is 768. The van der Waals surface area contributed by atoms with E-state index in [4.69, 9.17) is 17.0 Å². The molecular weight excluding hydrogens is 363 g/mol. The van der Waals surface area contributed by atoms with Crippen molar-refractivity contribution in [2.45, 2.75) is 39.0 Å². The zero-order valence-electron chi connectivity index (χ0n) is 15.8. The molecule has 0 saturated carbocycles. The lowest BCUT2D eigenvalue weighted by Gasteiger charge is -2.19. The molecule has 0 atom stereocenters. The minimum atomic E-state index is -0.330. The molecule has 0 radical (unpaired) electrons. The summed E-state index contributed by atoms with van der Waals surface area (Å²) in [6, 6.07) is 13.7. The highest BCUT2D eigenvalue weighted by Gasteiger charge is 2.13. The van der Waals surface area contributed by atoms with Gasteiger partial charge in [0.05, 0.1) is 6.61 Å². The van der Waals surface area contributed by atoms with Crippen molar-refractivity contribution in [2.24, 2.45) is 0 Å². The first-order chi connectivity index (χ1) is 12.7. The highest BCUT2D eigenvalue weighted by molar-refractivity contribution is 7.80. The molecule has 0 aliphatic heterocycles. The normalized spacial score (nSPS) is 11.0. The van der Waals surface area contributed by atoms with E-state index in [9.17, 15) is 9.18 Å². The fraction of sp³-hybridized carbons (Fsp3) is 0.333. The molecule has 2 aromatic carbocycles. The van der Waals surface area contributed by atoms with E-state index in [1.54, 1.807) is 12.1 Å². The largest absolute Gasteiger partial charge is 0.494 e. The first-order valence-corrected chi connectivity index (χ1v) is 9.24. The number of thiocarbonyl (C=S) groups is 1. The summed E-state index contributed by atoms with van der Waals surface area (Å²) in [5, 5.41) is 5.62. The molecule has 0 bridgehead atoms. The second kappa shape index (κ2) is 9.46. The number of amides is 1. The number of carbonyl (C=O) groups is 1. The number of nitrogens with one attached hydrogen (secondary N) is 2. The Morgan fingerprint density at radius 1 is 1.07 bits per heavy atom. The molecule has 0 heterocycles. The summed E-state index contributed by atoms with van der Waals surface area (Å²) in [5.74, 6) is 0.266. The predicted molar refractivity (Wildman–Crippen MR) is 111 cm³/mol. The summed E-state index contributed by atoms with van der Waals surface area (Å²) in [6.07, 6.45) is 0.872. The molecule has 27 heavy (non-hydrogen) atoms. The number of anilines is 1. The third-order valence-corrected chi connectivity index (χ3v) is 4.10. The van der Waals surface area contributed by atoms with Crippen LogP contribution in [0.5, 0.6) is 5.75 Å². The average Bonchev–Trinajstić information content (AvgIpc) is 2.60. The van der Waals surface area contributed by atoms with E-state index in [1.165, 1.54) is 17.7 Å². The van der Waals surface area contributed by atoms with Gasteiger partial charge in [-0.1, -0.05) is 32.9 Å². The SMILES string of the molecule is CC(C)(C)c1ccc(OCCCC(=O)NC(=S)Nc2ccc(F)cc2)cc1. The predicted octanol–water partition coefficient (Wildman–Crippen LogP) is 4.80. The molecule has 0 aromatic heterocycles. The van der Waals surface area contributed by atoms with E-state index < -0.39 is 0 Å². The lowest BCUT2D eigenvalue weighted by molar-refractivity contribution is -0.119. The quantitative estimate of drug-likeness (QED) is 0.552. The molecule has 0 aliphatic carbocycles. The number of rotatable bonds is 6. The Balaban J connectivity index is 1.67. The van der Waals surface area contributed by atoms with Crippen LogP contribution in [0.15, 0.2) is 48.5 Å². The van der Waals surface area contributed by atoms with Crippen LogP contribution in [0.25, 0.3) is 0 Å². The first-order valence-electron chi connectivity index (χ1n) is 8.84. The first kappa shape index (κ1) is 20.8. The minimum Gasteiger partial charge on any atom is -0.494 e. The van der Waals surface area contributed by atoms with Crippen LogP contribution in [0.3, 0.4) is 0 Å². The molecular formula is C21H25FN2O2S. The highest BCUT2D eigenvalue weighted by Crippen LogP contribution is 2.24. The maximum absolute atomic E-state index is 12.9. The Kier molecular flexibility index (Phi) is 7.30. The van der Waals surface area contributed by atoms with E-state index in [2.05, 4.69) is 43.5 Å². The highest BCUT2D eigenvalue weighted by atomic mass is 32.1. The van der Waals surface area contributed by atoms with Crippen molar-refractivity contribution in [1.82, 2.24) is 5.32 Å². The lowest BCUT2D eigenvalue weighted by Crippen LogP contribution is -2.34. The second-order valence-corrected chi connectivity index (χ2v) is 7.64. The summed E-state index contributed by atoms with van der Waals surface area (Å²) >= 11 is 5.07. The van der Waals surface area contributed by atoms with Gasteiger partial charge in [0.1, 0.15) is 11.6 Å². The van der Waals surface area contributed by atoms with Crippen LogP contribution in [0.4, 0.5) is 10.1 Å². The monoisotopic (exact) mass is 388 g/mol. The molecule has 2 aromatic rings. The van der Waals surface area contributed by atoms with Gasteiger partial charge >= 0.3 is 0 Å². The molecule has 1 amide bonds. The van der Waals surface area contributed by atoms with Crippen molar-refractivity contribution in [2.75, 3.05) is 11.9 Å². The minimum absolute atomic E-state index is 0.108. The Morgan fingerprint density at radius 2 is 1.70 bits per heavy atom. The van der Waals surface area contributed by atoms with Gasteiger partial charge in [-0.2, -0.15) is 0 Å². The van der Waals surface area contributed by atoms with Gasteiger partial charge in [0.2, 0.25) is 5.91 Å². The maximum atomic E-state index is 12.9. The standard InChI is InChI=1S/C21H25FN2O2S/c1-21(2,3)15-6-12-18(13-7-15)26-14-4-5-19(25)24-20(27)23-17-10-8-16(22)9-11-17/h6-13H,4-5,14H2,1-3H3,(H2,23,24,25,27). The van der Waals surface area contributed by atoms with Gasteiger partial charge in [0.25, 0.3) is 0 Å². The summed E-state index contributed by atoms with van der Waals surface area (Å²) in [6.45, 7) is 6.94. The molecule has 0 spiro atoms. The molecule has 0 unspecified atom stereocenters. The average molecular weight is 389 g/mol. The van der Waals surface area contributed by atoms with Gasteiger partial charge in [-0.05, 0) is 66.0 Å². The molecule has 2 rings (SSSR count). The fourth-order valence-electron chi connectivity index (χ4n) is 2.36. The second-order valence-electron chi connectivity index (χ2n) is 7.24. The van der Waals surface area contributed by atoms with Crippen LogP contribution in [0.1, 0.15) is 39.2 Å². The lowest BCUT2D eigenvalue weighted by atomic mass is 9.87. The smallest absolute Gasteiger partial charge is 0.226 e. The number of benzene rings is 2. The van der Waals surface area contributed by atoms with Crippen LogP contribution < -0.4 is 15.4 Å². The zero-order valence-corrected chi connectivity index (χ0v) is 16.7. The van der Waals surface area contributed by atoms with E-state index >= 15 is 0 Å². The summed E-state index contributed by atoms with van der Waals surface area (Å²) < 4.78 is 18.5. The third-order valence-electron chi connectivity index (χ3n) is 3.89. The van der Waals surface area contributed by atoms with Gasteiger partial charge in [-0.3, -0.25) is 4.79 Å². The molecule has 144 valence electrons. The number of carbonyl (C=O) groups excluding carboxylic acids is 1. The van der Waals surface area contributed by atoms with Crippen molar-refractivity contribution >= 4 is 28.9 Å². The fourth-order valence-corrected chi connectivity index (χ4v) is 2.59. The van der Waals surface area contributed by atoms with E-state index in [-0.39, 0.29) is 22.3 Å². The van der Waals surface area contributed by atoms with Crippen LogP contribution in [-0.4, -0.2) is 17.6 Å². The van der Waals surface area contributed by atoms with Gasteiger partial charge < -0.3 is 15.4 Å². The van der Waals surface area contributed by atoms with Crippen LogP contribution in [-0.2, 0) is 10.2 Å². The van der Waals surface area contributed by atoms with Crippen molar-refractivity contribution in [1.29, 1.82) is 0 Å². The van der Waals surface area contributed by atoms with E-state index in [0.29, 0.717) is 25.1 Å². The number of halogens is 1. The van der Waals surface area contributed by atoms with Crippen LogP contribution in [0.2, 0.25) is 0 Å². The summed E-state index contributed by atoms with van der Waals surface area (Å²) in [5.41, 5.74) is 1.97. The topological polar surface area (TPSA) is 50.4 Å². The van der Waals surface area contributed by atoms with E-state index in [0.717, 1.165) is 5.75 Å².